The summed E-state index contributed by atoms with van der Waals surface area (Å²) in [6.45, 7) is 1.92. The van der Waals surface area contributed by atoms with Gasteiger partial charge in [-0.05, 0) is 19.8 Å². The van der Waals surface area contributed by atoms with Crippen LogP contribution in [0.1, 0.15) is 32.6 Å². The molecule has 0 aromatic heterocycles. The normalized spacial score (nSPS) is 17.2. The molecule has 1 amide bonds. The third kappa shape index (κ3) is 2.96. The van der Waals surface area contributed by atoms with Crippen molar-refractivity contribution in [2.75, 3.05) is 20.2 Å². The van der Waals surface area contributed by atoms with Crippen LogP contribution in [0.2, 0.25) is 0 Å². The smallest absolute Gasteiger partial charge is 0.325 e. The van der Waals surface area contributed by atoms with E-state index in [-0.39, 0.29) is 12.5 Å². The molecule has 5 heteroatoms. The number of rotatable bonds is 4. The van der Waals surface area contributed by atoms with Crippen LogP contribution in [0, 0.1) is 16.7 Å². The summed E-state index contributed by atoms with van der Waals surface area (Å²) in [7, 11) is 1.54. The van der Waals surface area contributed by atoms with Crippen molar-refractivity contribution in [2.24, 2.45) is 5.41 Å². The van der Waals surface area contributed by atoms with E-state index in [9.17, 15) is 9.59 Å². The van der Waals surface area contributed by atoms with Gasteiger partial charge in [0.2, 0.25) is 5.91 Å². The van der Waals surface area contributed by atoms with Gasteiger partial charge in [-0.2, -0.15) is 5.26 Å². The van der Waals surface area contributed by atoms with E-state index < -0.39 is 11.4 Å². The maximum absolute atomic E-state index is 12.1. The molecule has 0 aliphatic heterocycles. The van der Waals surface area contributed by atoms with Gasteiger partial charge in [-0.3, -0.25) is 9.59 Å². The number of nitriles is 1. The molecule has 0 bridgehead atoms. The highest BCUT2D eigenvalue weighted by atomic mass is 16.5. The molecule has 0 heterocycles. The van der Waals surface area contributed by atoms with Crippen LogP contribution < -0.4 is 0 Å². The van der Waals surface area contributed by atoms with Crippen LogP contribution >= 0.6 is 0 Å². The summed E-state index contributed by atoms with van der Waals surface area (Å²) in [5.74, 6) is -0.694. The van der Waals surface area contributed by atoms with Crippen LogP contribution in [0.4, 0.5) is 0 Å². The Morgan fingerprint density at radius 1 is 1.41 bits per heavy atom. The molecule has 0 atom stereocenters. The van der Waals surface area contributed by atoms with Crippen LogP contribution in [-0.2, 0) is 14.3 Å². The number of amides is 1. The third-order valence-corrected chi connectivity index (χ3v) is 3.10. The van der Waals surface area contributed by atoms with Crippen molar-refractivity contribution in [3.05, 3.63) is 0 Å². The topological polar surface area (TPSA) is 70.4 Å². The molecule has 17 heavy (non-hydrogen) atoms. The van der Waals surface area contributed by atoms with Crippen molar-refractivity contribution < 1.29 is 14.3 Å². The van der Waals surface area contributed by atoms with E-state index >= 15 is 0 Å². The number of ether oxygens (including phenoxy) is 1. The molecule has 1 saturated carbocycles. The first-order valence-electron chi connectivity index (χ1n) is 5.88. The molecule has 0 spiro atoms. The fraction of sp³-hybridized carbons (Fsp3) is 0.750. The largest absolute Gasteiger partial charge is 0.465 e. The van der Waals surface area contributed by atoms with Crippen molar-refractivity contribution >= 4 is 11.9 Å². The van der Waals surface area contributed by atoms with Gasteiger partial charge in [-0.25, -0.2) is 0 Å². The van der Waals surface area contributed by atoms with E-state index in [0.29, 0.717) is 19.4 Å². The first-order chi connectivity index (χ1) is 8.05. The lowest BCUT2D eigenvalue weighted by atomic mass is 9.86. The summed E-state index contributed by atoms with van der Waals surface area (Å²) in [5.41, 5.74) is -0.915. The van der Waals surface area contributed by atoms with Crippen LogP contribution in [0.15, 0.2) is 0 Å². The van der Waals surface area contributed by atoms with E-state index in [1.54, 1.807) is 6.92 Å². The van der Waals surface area contributed by atoms with E-state index in [0.717, 1.165) is 12.8 Å². The Balaban J connectivity index is 2.63. The zero-order valence-corrected chi connectivity index (χ0v) is 10.4. The van der Waals surface area contributed by atoms with Gasteiger partial charge in [0.15, 0.2) is 0 Å². The van der Waals surface area contributed by atoms with Gasteiger partial charge in [0.1, 0.15) is 12.0 Å². The maximum Gasteiger partial charge on any atom is 0.325 e. The second-order valence-electron chi connectivity index (χ2n) is 4.37. The van der Waals surface area contributed by atoms with Crippen LogP contribution in [-0.4, -0.2) is 37.0 Å². The first kappa shape index (κ1) is 13.5. The number of carbonyl (C=O) groups is 2. The minimum absolute atomic E-state index is 0.0872. The zero-order chi connectivity index (χ0) is 12.9. The molecule has 0 saturated heterocycles. The Morgan fingerprint density at radius 3 is 2.47 bits per heavy atom. The van der Waals surface area contributed by atoms with Crippen molar-refractivity contribution in [1.29, 1.82) is 5.26 Å². The van der Waals surface area contributed by atoms with Crippen LogP contribution in [0.5, 0.6) is 0 Å². The summed E-state index contributed by atoms with van der Waals surface area (Å²) in [4.78, 5) is 24.7. The Labute approximate surface area is 101 Å². The molecule has 1 fully saturated rings. The van der Waals surface area contributed by atoms with E-state index in [1.165, 1.54) is 11.9 Å². The second kappa shape index (κ2) is 5.67. The molecular weight excluding hydrogens is 220 g/mol. The summed E-state index contributed by atoms with van der Waals surface area (Å²) < 4.78 is 4.78. The van der Waals surface area contributed by atoms with Crippen LogP contribution in [0.25, 0.3) is 0 Å². The average Bonchev–Trinajstić information content (AvgIpc) is 2.78. The van der Waals surface area contributed by atoms with Gasteiger partial charge < -0.3 is 9.64 Å². The minimum atomic E-state index is -0.915. The summed E-state index contributed by atoms with van der Waals surface area (Å²) in [6.07, 6.45) is 2.98. The average molecular weight is 238 g/mol. The number of esters is 1. The third-order valence-electron chi connectivity index (χ3n) is 3.10. The molecule has 0 unspecified atom stereocenters. The predicted octanol–water partition coefficient (Wildman–Crippen LogP) is 1.09. The van der Waals surface area contributed by atoms with Crippen molar-refractivity contribution in [3.8, 4) is 6.07 Å². The van der Waals surface area contributed by atoms with E-state index in [1.807, 2.05) is 0 Å². The second-order valence-corrected chi connectivity index (χ2v) is 4.37. The molecule has 5 nitrogen and oxygen atoms in total. The van der Waals surface area contributed by atoms with Gasteiger partial charge in [0.25, 0.3) is 0 Å². The van der Waals surface area contributed by atoms with E-state index in [2.05, 4.69) is 6.07 Å². The fourth-order valence-electron chi connectivity index (χ4n) is 2.19. The van der Waals surface area contributed by atoms with Gasteiger partial charge in [-0.15, -0.1) is 0 Å². The highest BCUT2D eigenvalue weighted by Gasteiger charge is 2.43. The number of carbonyl (C=O) groups excluding carboxylic acids is 2. The van der Waals surface area contributed by atoms with Crippen molar-refractivity contribution in [3.63, 3.8) is 0 Å². The van der Waals surface area contributed by atoms with Crippen molar-refractivity contribution in [1.82, 2.24) is 4.90 Å². The summed E-state index contributed by atoms with van der Waals surface area (Å²) in [6, 6.07) is 2.12. The van der Waals surface area contributed by atoms with Gasteiger partial charge >= 0.3 is 5.97 Å². The lowest BCUT2D eigenvalue weighted by Gasteiger charge is -2.25. The predicted molar refractivity (Wildman–Crippen MR) is 60.8 cm³/mol. The molecule has 94 valence electrons. The van der Waals surface area contributed by atoms with Gasteiger partial charge in [0.05, 0.1) is 12.7 Å². The summed E-state index contributed by atoms with van der Waals surface area (Å²) >= 11 is 0. The molecule has 1 rings (SSSR count). The molecule has 0 aromatic carbocycles. The quantitative estimate of drug-likeness (QED) is 0.687. The number of hydrogen-bond acceptors (Lipinski definition) is 4. The number of hydrogen-bond donors (Lipinski definition) is 0. The van der Waals surface area contributed by atoms with E-state index in [4.69, 9.17) is 10.00 Å². The van der Waals surface area contributed by atoms with Gasteiger partial charge in [0, 0.05) is 7.05 Å². The standard InChI is InChI=1S/C12H18N2O3/c1-3-17-10(15)8-14(2)11(16)12(9-13)6-4-5-7-12/h3-8H2,1-2H3. The Morgan fingerprint density at radius 2 is 2.00 bits per heavy atom. The molecule has 0 N–H and O–H groups in total. The minimum Gasteiger partial charge on any atom is -0.465 e. The fourth-order valence-corrected chi connectivity index (χ4v) is 2.19. The highest BCUT2D eigenvalue weighted by Crippen LogP contribution is 2.38. The Hall–Kier alpha value is -1.57. The molecule has 0 aromatic rings. The lowest BCUT2D eigenvalue weighted by molar-refractivity contribution is -0.150. The SMILES string of the molecule is CCOC(=O)CN(C)C(=O)C1(C#N)CCCC1. The monoisotopic (exact) mass is 238 g/mol. The summed E-state index contributed by atoms with van der Waals surface area (Å²) in [5, 5.41) is 9.16. The Bertz CT molecular complexity index is 340. The van der Waals surface area contributed by atoms with Gasteiger partial charge in [-0.1, -0.05) is 12.8 Å². The zero-order valence-electron chi connectivity index (χ0n) is 10.4. The van der Waals surface area contributed by atoms with Crippen molar-refractivity contribution in [2.45, 2.75) is 32.6 Å². The highest BCUT2D eigenvalue weighted by molar-refractivity contribution is 5.88. The first-order valence-corrected chi connectivity index (χ1v) is 5.88. The Kier molecular flexibility index (Phi) is 4.50. The number of nitrogens with zero attached hydrogens (tertiary/aromatic N) is 2. The number of likely N-dealkylation sites (N-methyl/N-ethyl adjacent to an activating group) is 1. The molecular formula is C12H18N2O3. The molecule has 1 aliphatic rings. The molecule has 1 aliphatic carbocycles. The molecule has 0 radical (unpaired) electrons. The van der Waals surface area contributed by atoms with Crippen LogP contribution in [0.3, 0.4) is 0 Å². The maximum atomic E-state index is 12.1. The lowest BCUT2D eigenvalue weighted by Crippen LogP contribution is -2.42.